The molecule has 0 amide bonds. The Hall–Kier alpha value is -0.840. The van der Waals surface area contributed by atoms with E-state index < -0.39 is 0 Å². The monoisotopic (exact) mass is 188 g/mol. The van der Waals surface area contributed by atoms with Crippen molar-refractivity contribution in [3.05, 3.63) is 0 Å². The standard InChI is InChI=1S/C7H16N4S/c1-2-4-11(7(10)12)5-3-6(8)9/h2-5H2,1H3,(H3,8,9)(H2,10,12). The van der Waals surface area contributed by atoms with E-state index in [9.17, 15) is 0 Å². The summed E-state index contributed by atoms with van der Waals surface area (Å²) >= 11 is 4.83. The molecule has 0 unspecified atom stereocenters. The van der Waals surface area contributed by atoms with Gasteiger partial charge in [0.1, 0.15) is 0 Å². The molecule has 70 valence electrons. The molecule has 0 aliphatic heterocycles. The highest BCUT2D eigenvalue weighted by Gasteiger charge is 2.04. The van der Waals surface area contributed by atoms with E-state index in [-0.39, 0.29) is 5.84 Å². The van der Waals surface area contributed by atoms with Gasteiger partial charge in [0.15, 0.2) is 5.11 Å². The zero-order valence-corrected chi connectivity index (χ0v) is 8.16. The molecular formula is C7H16N4S. The van der Waals surface area contributed by atoms with Gasteiger partial charge in [-0.05, 0) is 18.6 Å². The second kappa shape index (κ2) is 5.77. The molecule has 0 atom stereocenters. The minimum atomic E-state index is 0.173. The van der Waals surface area contributed by atoms with Gasteiger partial charge in [-0.1, -0.05) is 6.92 Å². The maximum absolute atomic E-state index is 7.03. The lowest BCUT2D eigenvalue weighted by atomic mass is 10.3. The summed E-state index contributed by atoms with van der Waals surface area (Å²) in [6.45, 7) is 3.54. The molecule has 0 heterocycles. The van der Waals surface area contributed by atoms with Crippen molar-refractivity contribution in [2.24, 2.45) is 11.5 Å². The summed E-state index contributed by atoms with van der Waals surface area (Å²) < 4.78 is 0. The first kappa shape index (κ1) is 11.2. The van der Waals surface area contributed by atoms with Gasteiger partial charge in [0.05, 0.1) is 5.84 Å². The van der Waals surface area contributed by atoms with Crippen molar-refractivity contribution in [3.8, 4) is 0 Å². The molecule has 4 nitrogen and oxygen atoms in total. The molecular weight excluding hydrogens is 172 g/mol. The van der Waals surface area contributed by atoms with Crippen molar-refractivity contribution in [3.63, 3.8) is 0 Å². The molecule has 5 N–H and O–H groups in total. The Kier molecular flexibility index (Phi) is 5.36. The van der Waals surface area contributed by atoms with Crippen molar-refractivity contribution < 1.29 is 0 Å². The lowest BCUT2D eigenvalue weighted by molar-refractivity contribution is 0.431. The zero-order valence-electron chi connectivity index (χ0n) is 7.34. The van der Waals surface area contributed by atoms with E-state index in [4.69, 9.17) is 29.1 Å². The van der Waals surface area contributed by atoms with Crippen molar-refractivity contribution in [1.82, 2.24) is 4.90 Å². The molecule has 0 aromatic carbocycles. The Bertz CT molecular complexity index is 169. The second-order valence-corrected chi connectivity index (χ2v) is 3.02. The van der Waals surface area contributed by atoms with Gasteiger partial charge in [-0.25, -0.2) is 0 Å². The van der Waals surface area contributed by atoms with E-state index in [2.05, 4.69) is 6.92 Å². The van der Waals surface area contributed by atoms with Gasteiger partial charge in [0.2, 0.25) is 0 Å². The summed E-state index contributed by atoms with van der Waals surface area (Å²) in [5.74, 6) is 0.173. The van der Waals surface area contributed by atoms with E-state index in [1.807, 2.05) is 4.90 Å². The number of nitrogens with two attached hydrogens (primary N) is 2. The molecule has 0 saturated heterocycles. The van der Waals surface area contributed by atoms with Gasteiger partial charge in [0.25, 0.3) is 0 Å². The summed E-state index contributed by atoms with van der Waals surface area (Å²) in [4.78, 5) is 1.86. The summed E-state index contributed by atoms with van der Waals surface area (Å²) in [5, 5.41) is 7.41. The Morgan fingerprint density at radius 1 is 1.42 bits per heavy atom. The lowest BCUT2D eigenvalue weighted by Gasteiger charge is -2.21. The predicted molar refractivity (Wildman–Crippen MR) is 55.2 cm³/mol. The van der Waals surface area contributed by atoms with Crippen LogP contribution in [0, 0.1) is 5.41 Å². The number of nitrogens with one attached hydrogen (secondary N) is 1. The van der Waals surface area contributed by atoms with Crippen LogP contribution in [0.15, 0.2) is 0 Å². The van der Waals surface area contributed by atoms with Crippen LogP contribution in [0.1, 0.15) is 19.8 Å². The van der Waals surface area contributed by atoms with Crippen molar-refractivity contribution in [1.29, 1.82) is 5.41 Å². The maximum Gasteiger partial charge on any atom is 0.166 e. The average molecular weight is 188 g/mol. The molecule has 0 aliphatic rings. The van der Waals surface area contributed by atoms with Crippen molar-refractivity contribution in [2.45, 2.75) is 19.8 Å². The highest BCUT2D eigenvalue weighted by atomic mass is 32.1. The van der Waals surface area contributed by atoms with Crippen LogP contribution in [0.3, 0.4) is 0 Å². The maximum atomic E-state index is 7.03. The van der Waals surface area contributed by atoms with Crippen LogP contribution in [0.2, 0.25) is 0 Å². The number of thiocarbonyl (C=S) groups is 1. The van der Waals surface area contributed by atoms with Crippen LogP contribution in [-0.2, 0) is 0 Å². The number of amidine groups is 1. The third-order valence-corrected chi connectivity index (χ3v) is 1.71. The van der Waals surface area contributed by atoms with Gasteiger partial charge in [-0.15, -0.1) is 0 Å². The van der Waals surface area contributed by atoms with Crippen molar-refractivity contribution in [2.75, 3.05) is 13.1 Å². The molecule has 0 fully saturated rings. The predicted octanol–water partition coefficient (Wildman–Crippen LogP) is 0.268. The summed E-state index contributed by atoms with van der Waals surface area (Å²) in [6.07, 6.45) is 1.52. The number of hydrogen-bond donors (Lipinski definition) is 3. The van der Waals surface area contributed by atoms with Crippen LogP contribution in [0.25, 0.3) is 0 Å². The van der Waals surface area contributed by atoms with E-state index in [1.165, 1.54) is 0 Å². The number of hydrogen-bond acceptors (Lipinski definition) is 2. The van der Waals surface area contributed by atoms with Crippen LogP contribution in [-0.4, -0.2) is 28.9 Å². The normalized spacial score (nSPS) is 9.42. The lowest BCUT2D eigenvalue weighted by Crippen LogP contribution is -2.38. The highest BCUT2D eigenvalue weighted by Crippen LogP contribution is 1.93. The van der Waals surface area contributed by atoms with Gasteiger partial charge in [0, 0.05) is 19.5 Å². The molecule has 0 rings (SSSR count). The molecule has 12 heavy (non-hydrogen) atoms. The SMILES string of the molecule is CCCN(CCC(=N)N)C(N)=S. The molecule has 0 aliphatic carbocycles. The summed E-state index contributed by atoms with van der Waals surface area (Å²) in [5.41, 5.74) is 10.7. The summed E-state index contributed by atoms with van der Waals surface area (Å²) in [6, 6.07) is 0. The molecule has 0 radical (unpaired) electrons. The van der Waals surface area contributed by atoms with Gasteiger partial charge in [-0.3, -0.25) is 5.41 Å². The van der Waals surface area contributed by atoms with Crippen molar-refractivity contribution >= 4 is 23.2 Å². The average Bonchev–Trinajstić information content (AvgIpc) is 1.96. The first-order valence-electron chi connectivity index (χ1n) is 3.95. The van der Waals surface area contributed by atoms with E-state index in [1.54, 1.807) is 0 Å². The largest absolute Gasteiger partial charge is 0.388 e. The van der Waals surface area contributed by atoms with Crippen LogP contribution < -0.4 is 11.5 Å². The molecule has 0 aromatic heterocycles. The molecule has 0 aromatic rings. The Morgan fingerprint density at radius 3 is 2.33 bits per heavy atom. The van der Waals surface area contributed by atoms with E-state index >= 15 is 0 Å². The fourth-order valence-corrected chi connectivity index (χ4v) is 1.04. The molecule has 0 spiro atoms. The minimum absolute atomic E-state index is 0.173. The Labute approximate surface area is 78.4 Å². The van der Waals surface area contributed by atoms with Crippen LogP contribution in [0.4, 0.5) is 0 Å². The van der Waals surface area contributed by atoms with E-state index in [0.717, 1.165) is 13.0 Å². The molecule has 0 saturated carbocycles. The Morgan fingerprint density at radius 2 is 2.00 bits per heavy atom. The first-order chi connectivity index (χ1) is 5.57. The second-order valence-electron chi connectivity index (χ2n) is 2.60. The fourth-order valence-electron chi connectivity index (χ4n) is 0.858. The fraction of sp³-hybridized carbons (Fsp3) is 0.714. The minimum Gasteiger partial charge on any atom is -0.388 e. The Balaban J connectivity index is 3.79. The van der Waals surface area contributed by atoms with Gasteiger partial charge >= 0.3 is 0 Å². The third kappa shape index (κ3) is 4.90. The first-order valence-corrected chi connectivity index (χ1v) is 4.36. The number of nitrogens with zero attached hydrogens (tertiary/aromatic N) is 1. The molecule has 5 heteroatoms. The topological polar surface area (TPSA) is 79.1 Å². The van der Waals surface area contributed by atoms with Crippen LogP contribution >= 0.6 is 12.2 Å². The van der Waals surface area contributed by atoms with E-state index in [0.29, 0.717) is 18.1 Å². The molecule has 0 bridgehead atoms. The van der Waals surface area contributed by atoms with Crippen LogP contribution in [0.5, 0.6) is 0 Å². The smallest absolute Gasteiger partial charge is 0.166 e. The van der Waals surface area contributed by atoms with Gasteiger partial charge in [-0.2, -0.15) is 0 Å². The zero-order chi connectivity index (χ0) is 9.56. The highest BCUT2D eigenvalue weighted by molar-refractivity contribution is 7.80. The quantitative estimate of drug-likeness (QED) is 0.329. The number of rotatable bonds is 5. The third-order valence-electron chi connectivity index (χ3n) is 1.46. The van der Waals surface area contributed by atoms with Gasteiger partial charge < -0.3 is 16.4 Å². The summed E-state index contributed by atoms with van der Waals surface area (Å²) in [7, 11) is 0.